The van der Waals surface area contributed by atoms with Gasteiger partial charge in [0, 0.05) is 16.7 Å². The Balaban J connectivity index is 1.79. The summed E-state index contributed by atoms with van der Waals surface area (Å²) < 4.78 is 7.19. The third kappa shape index (κ3) is 3.57. The van der Waals surface area contributed by atoms with Crippen LogP contribution < -0.4 is 10.3 Å². The molecule has 2 aromatic carbocycles. The number of methoxy groups -OCH3 is 1. The Morgan fingerprint density at radius 2 is 1.81 bits per heavy atom. The van der Waals surface area contributed by atoms with Crippen molar-refractivity contribution in [3.8, 4) is 22.7 Å². The van der Waals surface area contributed by atoms with Crippen molar-refractivity contribution in [3.63, 3.8) is 0 Å². The molecule has 3 aromatic rings. The number of fused-ring (bicyclic) bond motifs is 4. The molecule has 32 heavy (non-hydrogen) atoms. The predicted octanol–water partition coefficient (Wildman–Crippen LogP) is 6.17. The van der Waals surface area contributed by atoms with E-state index in [1.807, 2.05) is 28.8 Å². The third-order valence-corrected chi connectivity index (χ3v) is 8.11. The number of benzene rings is 2. The predicted molar refractivity (Wildman–Crippen MR) is 131 cm³/mol. The second-order valence-electron chi connectivity index (χ2n) is 8.98. The Bertz CT molecular complexity index is 1180. The second-order valence-corrected chi connectivity index (χ2v) is 10.0. The molecule has 1 fully saturated rings. The van der Waals surface area contributed by atoms with E-state index in [0.29, 0.717) is 0 Å². The average Bonchev–Trinajstić information content (AvgIpc) is 2.83. The first kappa shape index (κ1) is 21.3. The third-order valence-electron chi connectivity index (χ3n) is 6.96. The van der Waals surface area contributed by atoms with Crippen LogP contribution in [0.25, 0.3) is 16.9 Å². The first-order valence-corrected chi connectivity index (χ1v) is 12.7. The molecule has 0 unspecified atom stereocenters. The maximum atomic E-state index is 14.3. The van der Waals surface area contributed by atoms with Gasteiger partial charge in [-0.3, -0.25) is 9.36 Å². The van der Waals surface area contributed by atoms with Crippen LogP contribution in [-0.2, 0) is 11.8 Å². The van der Waals surface area contributed by atoms with E-state index in [0.717, 1.165) is 64.9 Å². The lowest BCUT2D eigenvalue weighted by atomic mass is 9.62. The number of nitrogens with zero attached hydrogens (tertiary/aromatic N) is 2. The fourth-order valence-corrected chi connectivity index (χ4v) is 6.30. The van der Waals surface area contributed by atoms with E-state index in [1.165, 1.54) is 24.8 Å². The van der Waals surface area contributed by atoms with Crippen molar-refractivity contribution in [2.24, 2.45) is 0 Å². The molecule has 0 bridgehead atoms. The van der Waals surface area contributed by atoms with Crippen LogP contribution in [0.5, 0.6) is 5.75 Å². The molecule has 2 aliphatic rings. The lowest BCUT2D eigenvalue weighted by molar-refractivity contribution is 0.283. The van der Waals surface area contributed by atoms with Crippen LogP contribution in [0.1, 0.15) is 56.6 Å². The van der Waals surface area contributed by atoms with Gasteiger partial charge < -0.3 is 4.74 Å². The second kappa shape index (κ2) is 8.78. The van der Waals surface area contributed by atoms with E-state index in [-0.39, 0.29) is 11.0 Å². The Morgan fingerprint density at radius 1 is 1.06 bits per heavy atom. The van der Waals surface area contributed by atoms with Crippen molar-refractivity contribution in [2.45, 2.75) is 62.4 Å². The minimum Gasteiger partial charge on any atom is -0.497 e. The van der Waals surface area contributed by atoms with Crippen molar-refractivity contribution >= 4 is 11.8 Å². The molecule has 0 saturated heterocycles. The van der Waals surface area contributed by atoms with E-state index in [4.69, 9.17) is 9.72 Å². The van der Waals surface area contributed by atoms with Gasteiger partial charge >= 0.3 is 0 Å². The summed E-state index contributed by atoms with van der Waals surface area (Å²) in [6, 6.07) is 16.3. The van der Waals surface area contributed by atoms with Gasteiger partial charge in [0.25, 0.3) is 5.56 Å². The van der Waals surface area contributed by atoms with Crippen LogP contribution in [0.3, 0.4) is 0 Å². The quantitative estimate of drug-likeness (QED) is 0.347. The maximum Gasteiger partial charge on any atom is 0.263 e. The van der Waals surface area contributed by atoms with Crippen molar-refractivity contribution < 1.29 is 4.74 Å². The standard InChI is InChI=1S/C27H30N2O2S/c1-3-17-32-26-28-24-22-10-6-5-9-19(22)18-27(15-7-4-8-16-27)23(24)25(30)29(26)20-11-13-21(31-2)14-12-20/h5-6,9-14H,3-4,7-8,15-18H2,1-2H3. The van der Waals surface area contributed by atoms with Crippen LogP contribution >= 0.6 is 11.8 Å². The summed E-state index contributed by atoms with van der Waals surface area (Å²) in [4.78, 5) is 19.5. The molecule has 5 rings (SSSR count). The molecule has 0 amide bonds. The molecule has 1 heterocycles. The largest absolute Gasteiger partial charge is 0.497 e. The van der Waals surface area contributed by atoms with Crippen molar-refractivity contribution in [1.82, 2.24) is 9.55 Å². The molecule has 1 spiro atoms. The lowest BCUT2D eigenvalue weighted by Gasteiger charge is -2.42. The highest BCUT2D eigenvalue weighted by atomic mass is 32.2. The number of thioether (sulfide) groups is 1. The molecular weight excluding hydrogens is 416 g/mol. The molecule has 0 radical (unpaired) electrons. The van der Waals surface area contributed by atoms with Gasteiger partial charge in [-0.05, 0) is 55.5 Å². The first-order chi connectivity index (χ1) is 15.7. The van der Waals surface area contributed by atoms with Crippen molar-refractivity contribution in [3.05, 3.63) is 70.0 Å². The smallest absolute Gasteiger partial charge is 0.263 e. The topological polar surface area (TPSA) is 44.1 Å². The summed E-state index contributed by atoms with van der Waals surface area (Å²) in [5.41, 5.74) is 5.19. The van der Waals surface area contributed by atoms with Gasteiger partial charge in [-0.25, -0.2) is 4.98 Å². The molecule has 0 N–H and O–H groups in total. The minimum absolute atomic E-state index is 0.103. The normalized spacial score (nSPS) is 16.4. The van der Waals surface area contributed by atoms with E-state index >= 15 is 0 Å². The van der Waals surface area contributed by atoms with E-state index < -0.39 is 0 Å². The number of hydrogen-bond acceptors (Lipinski definition) is 4. The van der Waals surface area contributed by atoms with E-state index in [2.05, 4.69) is 31.2 Å². The number of ether oxygens (including phenoxy) is 1. The fraction of sp³-hybridized carbons (Fsp3) is 0.407. The zero-order valence-electron chi connectivity index (χ0n) is 18.9. The summed E-state index contributed by atoms with van der Waals surface area (Å²) in [6.07, 6.45) is 7.71. The molecular formula is C27H30N2O2S. The summed E-state index contributed by atoms with van der Waals surface area (Å²) in [6.45, 7) is 2.16. The molecule has 4 nitrogen and oxygen atoms in total. The van der Waals surface area contributed by atoms with Gasteiger partial charge in [-0.1, -0.05) is 62.2 Å². The number of rotatable bonds is 5. The molecule has 0 atom stereocenters. The maximum absolute atomic E-state index is 14.3. The minimum atomic E-state index is -0.103. The van der Waals surface area contributed by atoms with Crippen LogP contribution in [0.2, 0.25) is 0 Å². The summed E-state index contributed by atoms with van der Waals surface area (Å²) in [5, 5.41) is 0.781. The van der Waals surface area contributed by atoms with Crippen molar-refractivity contribution in [2.75, 3.05) is 12.9 Å². The summed E-state index contributed by atoms with van der Waals surface area (Å²) in [5.74, 6) is 1.71. The first-order valence-electron chi connectivity index (χ1n) is 11.7. The Morgan fingerprint density at radius 3 is 2.53 bits per heavy atom. The molecule has 1 saturated carbocycles. The zero-order chi connectivity index (χ0) is 22.1. The van der Waals surface area contributed by atoms with Crippen LogP contribution in [-0.4, -0.2) is 22.4 Å². The lowest BCUT2D eigenvalue weighted by Crippen LogP contribution is -2.42. The van der Waals surface area contributed by atoms with Gasteiger partial charge in [0.1, 0.15) is 5.75 Å². The van der Waals surface area contributed by atoms with Gasteiger partial charge in [-0.2, -0.15) is 0 Å². The van der Waals surface area contributed by atoms with E-state index in [9.17, 15) is 4.79 Å². The van der Waals surface area contributed by atoms with Crippen LogP contribution in [0.4, 0.5) is 0 Å². The van der Waals surface area contributed by atoms with Crippen LogP contribution in [0.15, 0.2) is 58.5 Å². The number of hydrogen-bond donors (Lipinski definition) is 0. The average molecular weight is 447 g/mol. The number of aromatic nitrogens is 2. The van der Waals surface area contributed by atoms with Gasteiger partial charge in [0.2, 0.25) is 0 Å². The Labute approximate surface area is 194 Å². The molecule has 2 aliphatic carbocycles. The fourth-order valence-electron chi connectivity index (χ4n) is 5.44. The Kier molecular flexibility index (Phi) is 5.85. The SMILES string of the molecule is CCCSc1nc2c(c(=O)n1-c1ccc(OC)cc1)C1(CCCCC1)Cc1ccccc1-2. The molecule has 1 aromatic heterocycles. The highest BCUT2D eigenvalue weighted by molar-refractivity contribution is 7.99. The Hall–Kier alpha value is -2.53. The van der Waals surface area contributed by atoms with Gasteiger partial charge in [0.15, 0.2) is 5.16 Å². The zero-order valence-corrected chi connectivity index (χ0v) is 19.7. The highest BCUT2D eigenvalue weighted by Crippen LogP contribution is 2.49. The van der Waals surface area contributed by atoms with E-state index in [1.54, 1.807) is 18.9 Å². The van der Waals surface area contributed by atoms with Crippen LogP contribution in [0, 0.1) is 0 Å². The van der Waals surface area contributed by atoms with Gasteiger partial charge in [0.05, 0.1) is 24.1 Å². The summed E-state index contributed by atoms with van der Waals surface area (Å²) in [7, 11) is 1.66. The highest BCUT2D eigenvalue weighted by Gasteiger charge is 2.43. The van der Waals surface area contributed by atoms with Gasteiger partial charge in [-0.15, -0.1) is 0 Å². The molecule has 166 valence electrons. The molecule has 0 aliphatic heterocycles. The van der Waals surface area contributed by atoms with Crippen molar-refractivity contribution in [1.29, 1.82) is 0 Å². The summed E-state index contributed by atoms with van der Waals surface area (Å²) >= 11 is 1.67. The molecule has 5 heteroatoms. The monoisotopic (exact) mass is 446 g/mol.